The molecule has 2 heterocycles. The van der Waals surface area contributed by atoms with Crippen molar-refractivity contribution in [1.82, 2.24) is 14.9 Å². The lowest BCUT2D eigenvalue weighted by Gasteiger charge is -2.40. The van der Waals surface area contributed by atoms with Gasteiger partial charge in [-0.15, -0.1) is 0 Å². The lowest BCUT2D eigenvalue weighted by molar-refractivity contribution is 0.0527. The van der Waals surface area contributed by atoms with Crippen molar-refractivity contribution in [2.75, 3.05) is 48.7 Å². The number of nitrogens with two attached hydrogens (primary N) is 1. The van der Waals surface area contributed by atoms with Crippen molar-refractivity contribution in [3.8, 4) is 0 Å². The van der Waals surface area contributed by atoms with Gasteiger partial charge in [-0.25, -0.2) is 14.8 Å². The molecule has 1 saturated heterocycles. The Morgan fingerprint density at radius 1 is 0.895 bits per heavy atom. The summed E-state index contributed by atoms with van der Waals surface area (Å²) >= 11 is 0. The van der Waals surface area contributed by atoms with Crippen molar-refractivity contribution in [2.45, 2.75) is 13.0 Å². The maximum absolute atomic E-state index is 12.4. The van der Waals surface area contributed by atoms with Gasteiger partial charge >= 0.3 is 5.97 Å². The van der Waals surface area contributed by atoms with Crippen LogP contribution in [-0.2, 0) is 4.74 Å². The third-order valence-corrected chi connectivity index (χ3v) is 6.75. The Labute approximate surface area is 223 Å². The van der Waals surface area contributed by atoms with E-state index in [1.54, 1.807) is 25.1 Å². The van der Waals surface area contributed by atoms with Crippen LogP contribution in [-0.4, -0.2) is 53.6 Å². The van der Waals surface area contributed by atoms with Crippen LogP contribution in [0.4, 0.5) is 23.0 Å². The fourth-order valence-electron chi connectivity index (χ4n) is 4.92. The van der Waals surface area contributed by atoms with Gasteiger partial charge in [-0.3, -0.25) is 4.90 Å². The number of nitrogens with zero attached hydrogens (tertiary/aromatic N) is 4. The lowest BCUT2D eigenvalue weighted by Crippen LogP contribution is -2.48. The topological polar surface area (TPSA) is 96.6 Å². The number of rotatable bonds is 8. The Bertz CT molecular complexity index is 1320. The molecule has 1 fully saturated rings. The summed E-state index contributed by atoms with van der Waals surface area (Å²) in [6.07, 6.45) is 1.50. The maximum atomic E-state index is 12.4. The summed E-state index contributed by atoms with van der Waals surface area (Å²) < 4.78 is 5.19. The molecule has 0 bridgehead atoms. The first-order valence-electron chi connectivity index (χ1n) is 12.9. The van der Waals surface area contributed by atoms with Crippen molar-refractivity contribution in [2.24, 2.45) is 0 Å². The smallest absolute Gasteiger partial charge is 0.340 e. The fourth-order valence-corrected chi connectivity index (χ4v) is 4.92. The van der Waals surface area contributed by atoms with E-state index in [0.717, 1.165) is 26.2 Å². The molecule has 4 aromatic rings. The number of hydrogen-bond acceptors (Lipinski definition) is 8. The minimum atomic E-state index is -0.397. The maximum Gasteiger partial charge on any atom is 0.340 e. The third kappa shape index (κ3) is 5.45. The van der Waals surface area contributed by atoms with Crippen molar-refractivity contribution in [3.63, 3.8) is 0 Å². The lowest BCUT2D eigenvalue weighted by atomic mass is 9.96. The number of carbonyl (C=O) groups is 1. The molecule has 0 atom stereocenters. The quantitative estimate of drug-likeness (QED) is 0.325. The van der Waals surface area contributed by atoms with Gasteiger partial charge in [0.05, 0.1) is 23.9 Å². The molecule has 1 aliphatic rings. The molecule has 0 radical (unpaired) electrons. The average Bonchev–Trinajstić information content (AvgIpc) is 2.96. The van der Waals surface area contributed by atoms with Gasteiger partial charge in [0.1, 0.15) is 12.0 Å². The van der Waals surface area contributed by atoms with Crippen molar-refractivity contribution < 1.29 is 9.53 Å². The summed E-state index contributed by atoms with van der Waals surface area (Å²) in [4.78, 5) is 26.0. The summed E-state index contributed by atoms with van der Waals surface area (Å²) in [5, 5.41) is 3.22. The zero-order valence-electron chi connectivity index (χ0n) is 21.5. The molecule has 38 heavy (non-hydrogen) atoms. The SMILES string of the molecule is CCOC(=O)c1ccccc1Nc1ncnc(N2CCN(C(c3ccccc3)c3ccccc3)CC2)c1N. The Morgan fingerprint density at radius 2 is 1.50 bits per heavy atom. The molecule has 0 spiro atoms. The highest BCUT2D eigenvalue weighted by Gasteiger charge is 2.28. The molecule has 0 amide bonds. The summed E-state index contributed by atoms with van der Waals surface area (Å²) in [6.45, 7) is 5.34. The number of piperazine rings is 1. The largest absolute Gasteiger partial charge is 0.462 e. The van der Waals surface area contributed by atoms with Crippen LogP contribution in [0.5, 0.6) is 0 Å². The number of hydrogen-bond donors (Lipinski definition) is 2. The van der Waals surface area contributed by atoms with Crippen LogP contribution in [0.15, 0.2) is 91.3 Å². The number of ether oxygens (including phenoxy) is 1. The van der Waals surface area contributed by atoms with Crippen LogP contribution in [0.2, 0.25) is 0 Å². The Hall–Kier alpha value is -4.43. The van der Waals surface area contributed by atoms with Crippen molar-refractivity contribution in [1.29, 1.82) is 0 Å². The van der Waals surface area contributed by atoms with E-state index in [-0.39, 0.29) is 6.04 Å². The second-order valence-corrected chi connectivity index (χ2v) is 9.10. The highest BCUT2D eigenvalue weighted by atomic mass is 16.5. The number of carbonyl (C=O) groups excluding carboxylic acids is 1. The van der Waals surface area contributed by atoms with Crippen LogP contribution >= 0.6 is 0 Å². The zero-order valence-corrected chi connectivity index (χ0v) is 21.5. The van der Waals surface area contributed by atoms with E-state index in [4.69, 9.17) is 10.5 Å². The standard InChI is InChI=1S/C30H32N6O2/c1-2-38-30(37)24-15-9-10-16-25(24)34-28-26(31)29(33-21-32-28)36-19-17-35(18-20-36)27(22-11-5-3-6-12-22)23-13-7-4-8-14-23/h3-16,21,27H,2,17-20,31H2,1H3,(H,32,33,34). The molecule has 8 nitrogen and oxygen atoms in total. The van der Waals surface area contributed by atoms with Gasteiger partial charge in [0.25, 0.3) is 0 Å². The van der Waals surface area contributed by atoms with Gasteiger partial charge in [0.15, 0.2) is 11.6 Å². The summed E-state index contributed by atoms with van der Waals surface area (Å²) in [6, 6.07) is 28.6. The van der Waals surface area contributed by atoms with Gasteiger partial charge in [-0.2, -0.15) is 0 Å². The molecule has 3 aromatic carbocycles. The molecule has 0 saturated carbocycles. The van der Waals surface area contributed by atoms with Gasteiger partial charge in [0, 0.05) is 26.2 Å². The molecule has 3 N–H and O–H groups in total. The monoisotopic (exact) mass is 508 g/mol. The molecule has 194 valence electrons. The number of anilines is 4. The highest BCUT2D eigenvalue weighted by Crippen LogP contribution is 2.33. The summed E-state index contributed by atoms with van der Waals surface area (Å²) in [7, 11) is 0. The molecule has 5 rings (SSSR count). The van der Waals surface area contributed by atoms with E-state index in [2.05, 4.69) is 85.7 Å². The van der Waals surface area contributed by atoms with E-state index in [0.29, 0.717) is 35.2 Å². The number of nitrogens with one attached hydrogen (secondary N) is 1. The molecule has 1 aliphatic heterocycles. The first kappa shape index (κ1) is 25.2. The van der Waals surface area contributed by atoms with Crippen LogP contribution in [0.1, 0.15) is 34.5 Å². The summed E-state index contributed by atoms with van der Waals surface area (Å²) in [5.74, 6) is 0.748. The molecule has 8 heteroatoms. The van der Waals surface area contributed by atoms with Crippen LogP contribution in [0, 0.1) is 0 Å². The van der Waals surface area contributed by atoms with Gasteiger partial charge in [-0.1, -0.05) is 72.8 Å². The minimum Gasteiger partial charge on any atom is -0.462 e. The Balaban J connectivity index is 1.34. The first-order valence-corrected chi connectivity index (χ1v) is 12.9. The van der Waals surface area contributed by atoms with E-state index < -0.39 is 5.97 Å². The Morgan fingerprint density at radius 3 is 2.13 bits per heavy atom. The molecular formula is C30H32N6O2. The van der Waals surface area contributed by atoms with Crippen LogP contribution in [0.25, 0.3) is 0 Å². The number of aromatic nitrogens is 2. The highest BCUT2D eigenvalue weighted by molar-refractivity contribution is 5.97. The number of nitrogen functional groups attached to an aromatic ring is 1. The van der Waals surface area contributed by atoms with E-state index in [1.807, 2.05) is 6.07 Å². The number of para-hydroxylation sites is 1. The number of benzene rings is 3. The molecular weight excluding hydrogens is 476 g/mol. The van der Waals surface area contributed by atoms with E-state index >= 15 is 0 Å². The fraction of sp³-hybridized carbons (Fsp3) is 0.233. The van der Waals surface area contributed by atoms with E-state index in [1.165, 1.54) is 17.5 Å². The van der Waals surface area contributed by atoms with E-state index in [9.17, 15) is 4.79 Å². The Kier molecular flexibility index (Phi) is 7.80. The van der Waals surface area contributed by atoms with Crippen LogP contribution < -0.4 is 16.0 Å². The number of esters is 1. The van der Waals surface area contributed by atoms with Gasteiger partial charge in [0.2, 0.25) is 0 Å². The predicted octanol–water partition coefficient (Wildman–Crippen LogP) is 4.89. The average molecular weight is 509 g/mol. The molecule has 1 aromatic heterocycles. The van der Waals surface area contributed by atoms with Gasteiger partial charge < -0.3 is 20.7 Å². The third-order valence-electron chi connectivity index (χ3n) is 6.75. The second-order valence-electron chi connectivity index (χ2n) is 9.10. The van der Waals surface area contributed by atoms with Crippen LogP contribution in [0.3, 0.4) is 0 Å². The zero-order chi connectivity index (χ0) is 26.3. The second kappa shape index (κ2) is 11.7. The molecule has 0 aliphatic carbocycles. The first-order chi connectivity index (χ1) is 18.7. The van der Waals surface area contributed by atoms with Crippen molar-refractivity contribution in [3.05, 3.63) is 108 Å². The van der Waals surface area contributed by atoms with Gasteiger partial charge in [-0.05, 0) is 30.2 Å². The molecule has 0 unspecified atom stereocenters. The van der Waals surface area contributed by atoms with Crippen molar-refractivity contribution >= 4 is 29.0 Å². The predicted molar refractivity (Wildman–Crippen MR) is 151 cm³/mol. The normalized spacial score (nSPS) is 13.9. The minimum absolute atomic E-state index is 0.180. The summed E-state index contributed by atoms with van der Waals surface area (Å²) in [5.41, 5.74) is 10.6.